The maximum absolute atomic E-state index is 5.05. The minimum absolute atomic E-state index is 0.280. The topological polar surface area (TPSA) is 12.5 Å². The highest BCUT2D eigenvalue weighted by Gasteiger charge is 1.91. The molecule has 44 valence electrons. The van der Waals surface area contributed by atoms with Gasteiger partial charge in [-0.2, -0.15) is 4.83 Å². The molecule has 0 fully saturated rings. The molecule has 7 heavy (non-hydrogen) atoms. The summed E-state index contributed by atoms with van der Waals surface area (Å²) in [5.41, 5.74) is 0. The molecule has 0 radical (unpaired) electrons. The van der Waals surface area contributed by atoms with Crippen LogP contribution in [-0.2, 0) is 4.84 Å². The second-order valence-corrected chi connectivity index (χ2v) is 2.43. The number of hydroxylamine groups is 1. The van der Waals surface area contributed by atoms with Crippen LogP contribution in [-0.4, -0.2) is 18.0 Å². The number of hydrogen-bond acceptors (Lipinski definition) is 2. The van der Waals surface area contributed by atoms with Crippen molar-refractivity contribution in [2.45, 2.75) is 20.0 Å². The van der Waals surface area contributed by atoms with Crippen LogP contribution in [0.1, 0.15) is 13.8 Å². The molecular weight excluding hydrogens is 109 g/mol. The standard InChI is InChI=1S/C4H12NOP/c1-4(2)6-5(3)7/h4H,7H2,1-3H3. The van der Waals surface area contributed by atoms with E-state index in [0.29, 0.717) is 0 Å². The predicted molar refractivity (Wildman–Crippen MR) is 33.7 cm³/mol. The molecule has 0 aliphatic carbocycles. The van der Waals surface area contributed by atoms with Crippen LogP contribution in [0.2, 0.25) is 0 Å². The van der Waals surface area contributed by atoms with Crippen LogP contribution in [0, 0.1) is 0 Å². The van der Waals surface area contributed by atoms with Crippen molar-refractivity contribution in [1.82, 2.24) is 4.83 Å². The van der Waals surface area contributed by atoms with E-state index in [9.17, 15) is 0 Å². The average molecular weight is 121 g/mol. The van der Waals surface area contributed by atoms with E-state index in [4.69, 9.17) is 4.84 Å². The Kier molecular flexibility index (Phi) is 3.53. The van der Waals surface area contributed by atoms with Crippen molar-refractivity contribution in [1.29, 1.82) is 0 Å². The van der Waals surface area contributed by atoms with E-state index in [1.165, 1.54) is 0 Å². The number of rotatable bonds is 2. The summed E-state index contributed by atoms with van der Waals surface area (Å²) in [6.45, 7) is 3.97. The van der Waals surface area contributed by atoms with Crippen molar-refractivity contribution in [3.8, 4) is 0 Å². The zero-order valence-electron chi connectivity index (χ0n) is 5.01. The van der Waals surface area contributed by atoms with Crippen LogP contribution in [0.5, 0.6) is 0 Å². The summed E-state index contributed by atoms with van der Waals surface area (Å²) >= 11 is 0. The number of hydrogen-bond donors (Lipinski definition) is 0. The van der Waals surface area contributed by atoms with Gasteiger partial charge in [-0.25, -0.2) is 0 Å². The molecule has 0 saturated heterocycles. The van der Waals surface area contributed by atoms with Crippen LogP contribution in [0.15, 0.2) is 0 Å². The third-order valence-electron chi connectivity index (χ3n) is 0.377. The van der Waals surface area contributed by atoms with Gasteiger partial charge >= 0.3 is 0 Å². The van der Waals surface area contributed by atoms with Crippen molar-refractivity contribution in [3.05, 3.63) is 0 Å². The molecule has 1 atom stereocenters. The summed E-state index contributed by atoms with van der Waals surface area (Å²) in [5, 5.41) is 0. The van der Waals surface area contributed by atoms with Gasteiger partial charge in [-0.15, -0.1) is 0 Å². The number of nitrogens with zero attached hydrogens (tertiary/aromatic N) is 1. The average Bonchev–Trinajstić information content (AvgIpc) is 1.27. The smallest absolute Gasteiger partial charge is 0.0740 e. The minimum Gasteiger partial charge on any atom is -0.293 e. The molecule has 2 nitrogen and oxygen atoms in total. The molecule has 0 heterocycles. The fourth-order valence-electron chi connectivity index (χ4n) is 0.333. The SMILES string of the molecule is CC(C)ON(C)P. The van der Waals surface area contributed by atoms with Crippen molar-refractivity contribution < 1.29 is 4.84 Å². The van der Waals surface area contributed by atoms with Gasteiger partial charge in [0, 0.05) is 7.05 Å². The monoisotopic (exact) mass is 121 g/mol. The van der Waals surface area contributed by atoms with Gasteiger partial charge in [0.15, 0.2) is 0 Å². The van der Waals surface area contributed by atoms with Gasteiger partial charge < -0.3 is 0 Å². The lowest BCUT2D eigenvalue weighted by molar-refractivity contribution is -0.0945. The molecule has 0 aliphatic heterocycles. The normalized spacial score (nSPS) is 11.1. The largest absolute Gasteiger partial charge is 0.293 e. The van der Waals surface area contributed by atoms with E-state index in [2.05, 4.69) is 9.39 Å². The maximum Gasteiger partial charge on any atom is 0.0740 e. The lowest BCUT2D eigenvalue weighted by atomic mass is 10.5. The van der Waals surface area contributed by atoms with E-state index >= 15 is 0 Å². The van der Waals surface area contributed by atoms with E-state index in [0.717, 1.165) is 0 Å². The Bertz CT molecular complexity index is 41.0. The van der Waals surface area contributed by atoms with Gasteiger partial charge in [0.25, 0.3) is 0 Å². The van der Waals surface area contributed by atoms with Crippen LogP contribution in [0.4, 0.5) is 0 Å². The molecule has 0 N–H and O–H groups in total. The van der Waals surface area contributed by atoms with Crippen molar-refractivity contribution >= 4 is 9.39 Å². The van der Waals surface area contributed by atoms with Gasteiger partial charge in [-0.3, -0.25) is 4.84 Å². The third kappa shape index (κ3) is 6.35. The predicted octanol–water partition coefficient (Wildman–Crippen LogP) is 1.05. The summed E-state index contributed by atoms with van der Waals surface area (Å²) in [4.78, 5) is 6.66. The molecule has 0 aliphatic rings. The highest BCUT2D eigenvalue weighted by molar-refractivity contribution is 7.12. The minimum atomic E-state index is 0.280. The molecule has 0 aromatic carbocycles. The lowest BCUT2D eigenvalue weighted by Crippen LogP contribution is -2.11. The first-order valence-electron chi connectivity index (χ1n) is 2.28. The zero-order chi connectivity index (χ0) is 5.86. The van der Waals surface area contributed by atoms with Gasteiger partial charge in [0.05, 0.1) is 6.10 Å². The molecule has 0 spiro atoms. The van der Waals surface area contributed by atoms with E-state index in [1.54, 1.807) is 4.83 Å². The maximum atomic E-state index is 5.05. The summed E-state index contributed by atoms with van der Waals surface area (Å²) in [7, 11) is 4.25. The fourth-order valence-corrected chi connectivity index (χ4v) is 0.576. The molecular formula is C4H12NOP. The molecule has 0 saturated carbocycles. The molecule has 0 bridgehead atoms. The van der Waals surface area contributed by atoms with Crippen LogP contribution >= 0.6 is 9.39 Å². The van der Waals surface area contributed by atoms with Gasteiger partial charge in [-0.1, -0.05) is 0 Å². The molecule has 1 unspecified atom stereocenters. The highest BCUT2D eigenvalue weighted by atomic mass is 31.0. The Balaban J connectivity index is 2.95. The second kappa shape index (κ2) is 3.36. The molecule has 3 heteroatoms. The lowest BCUT2D eigenvalue weighted by Gasteiger charge is -2.12. The van der Waals surface area contributed by atoms with Gasteiger partial charge in [-0.05, 0) is 23.2 Å². The van der Waals surface area contributed by atoms with Crippen molar-refractivity contribution in [2.24, 2.45) is 0 Å². The zero-order valence-corrected chi connectivity index (χ0v) is 6.16. The van der Waals surface area contributed by atoms with E-state index < -0.39 is 0 Å². The summed E-state index contributed by atoms with van der Waals surface area (Å²) < 4.78 is 0. The second-order valence-electron chi connectivity index (χ2n) is 1.70. The van der Waals surface area contributed by atoms with Crippen molar-refractivity contribution in [2.75, 3.05) is 7.05 Å². The van der Waals surface area contributed by atoms with E-state index in [-0.39, 0.29) is 6.10 Å². The van der Waals surface area contributed by atoms with Crippen molar-refractivity contribution in [3.63, 3.8) is 0 Å². The molecule has 0 rings (SSSR count). The highest BCUT2D eigenvalue weighted by Crippen LogP contribution is 1.97. The molecule has 0 aromatic rings. The first kappa shape index (κ1) is 7.35. The fraction of sp³-hybridized carbons (Fsp3) is 1.00. The van der Waals surface area contributed by atoms with Crippen LogP contribution in [0.25, 0.3) is 0 Å². The Morgan fingerprint density at radius 3 is 2.00 bits per heavy atom. The summed E-state index contributed by atoms with van der Waals surface area (Å²) in [6.07, 6.45) is 0.280. The summed E-state index contributed by atoms with van der Waals surface area (Å²) in [6, 6.07) is 0. The Morgan fingerprint density at radius 2 is 2.00 bits per heavy atom. The Morgan fingerprint density at radius 1 is 1.57 bits per heavy atom. The third-order valence-corrected chi connectivity index (χ3v) is 0.499. The quantitative estimate of drug-likeness (QED) is 0.400. The van der Waals surface area contributed by atoms with Gasteiger partial charge in [0.2, 0.25) is 0 Å². The van der Waals surface area contributed by atoms with Gasteiger partial charge in [0.1, 0.15) is 0 Å². The first-order chi connectivity index (χ1) is 3.13. The molecule has 0 amide bonds. The Labute approximate surface area is 47.0 Å². The van der Waals surface area contributed by atoms with Crippen LogP contribution in [0.3, 0.4) is 0 Å². The van der Waals surface area contributed by atoms with E-state index in [1.807, 2.05) is 20.9 Å². The summed E-state index contributed by atoms with van der Waals surface area (Å²) in [5.74, 6) is 0. The first-order valence-corrected chi connectivity index (χ1v) is 2.79. The van der Waals surface area contributed by atoms with Crippen LogP contribution < -0.4 is 0 Å². The Hall–Kier alpha value is 0.350. The molecule has 0 aromatic heterocycles.